The number of aromatic carboxylic acids is 1. The molecule has 0 saturated heterocycles. The van der Waals surface area contributed by atoms with Crippen molar-refractivity contribution in [1.29, 1.82) is 0 Å². The van der Waals surface area contributed by atoms with Gasteiger partial charge < -0.3 is 9.84 Å². The second kappa shape index (κ2) is 5.65. The molecule has 5 nitrogen and oxygen atoms in total. The number of rotatable bonds is 4. The molecule has 0 amide bonds. The number of carbonyl (C=O) groups excluding carboxylic acids is 2. The van der Waals surface area contributed by atoms with Crippen molar-refractivity contribution in [2.45, 2.75) is 27.7 Å². The number of carboxylic acid groups (broad SMARTS) is 1. The molecule has 0 bridgehead atoms. The Bertz CT molecular complexity index is 528. The molecule has 0 aliphatic rings. The van der Waals surface area contributed by atoms with Crippen molar-refractivity contribution in [3.63, 3.8) is 0 Å². The highest BCUT2D eigenvalue weighted by atomic mass is 16.5. The summed E-state index contributed by atoms with van der Waals surface area (Å²) >= 11 is 0. The highest BCUT2D eigenvalue weighted by molar-refractivity contribution is 5.98. The van der Waals surface area contributed by atoms with E-state index in [2.05, 4.69) is 0 Å². The lowest BCUT2D eigenvalue weighted by Crippen LogP contribution is -2.16. The molecular weight excluding hydrogens is 248 g/mol. The second-order valence-corrected chi connectivity index (χ2v) is 4.32. The summed E-state index contributed by atoms with van der Waals surface area (Å²) in [5, 5.41) is 9.20. The normalized spacial score (nSPS) is 10.1. The molecule has 0 aliphatic carbocycles. The van der Waals surface area contributed by atoms with Crippen LogP contribution in [0.5, 0.6) is 0 Å². The average Bonchev–Trinajstić information content (AvgIpc) is 2.34. The van der Waals surface area contributed by atoms with Crippen LogP contribution in [0, 0.1) is 27.7 Å². The average molecular weight is 264 g/mol. The van der Waals surface area contributed by atoms with E-state index in [9.17, 15) is 19.5 Å². The Morgan fingerprint density at radius 3 is 1.79 bits per heavy atom. The lowest BCUT2D eigenvalue weighted by atomic mass is 9.89. The monoisotopic (exact) mass is 264 g/mol. The highest BCUT2D eigenvalue weighted by Crippen LogP contribution is 2.27. The first-order chi connectivity index (χ1) is 8.82. The van der Waals surface area contributed by atoms with Gasteiger partial charge in [-0.25, -0.2) is 9.59 Å². The summed E-state index contributed by atoms with van der Waals surface area (Å²) in [6.07, 6.45) is 0.494. The van der Waals surface area contributed by atoms with Gasteiger partial charge in [0.05, 0.1) is 11.1 Å². The number of benzene rings is 1. The third kappa shape index (κ3) is 2.65. The molecule has 1 rings (SSSR count). The van der Waals surface area contributed by atoms with E-state index in [-0.39, 0.29) is 12.2 Å². The SMILES string of the molecule is Cc1c(C)c(C(=O)OCC=O)c(C)c(C)c1C(=O)O. The molecule has 0 atom stereocenters. The molecule has 0 saturated carbocycles. The predicted octanol–water partition coefficient (Wildman–Crippen LogP) is 1.97. The molecule has 0 heterocycles. The predicted molar refractivity (Wildman–Crippen MR) is 68.7 cm³/mol. The molecule has 1 N–H and O–H groups in total. The lowest BCUT2D eigenvalue weighted by Gasteiger charge is -2.17. The van der Waals surface area contributed by atoms with E-state index >= 15 is 0 Å². The highest BCUT2D eigenvalue weighted by Gasteiger charge is 2.23. The fraction of sp³-hybridized carbons (Fsp3) is 0.357. The van der Waals surface area contributed by atoms with E-state index in [1.807, 2.05) is 0 Å². The molecular formula is C14H16O5. The number of aldehydes is 1. The van der Waals surface area contributed by atoms with Crippen LogP contribution in [0.4, 0.5) is 0 Å². The minimum absolute atomic E-state index is 0.210. The Morgan fingerprint density at radius 2 is 1.42 bits per heavy atom. The van der Waals surface area contributed by atoms with Crippen LogP contribution >= 0.6 is 0 Å². The van der Waals surface area contributed by atoms with E-state index in [1.54, 1.807) is 27.7 Å². The first-order valence-electron chi connectivity index (χ1n) is 5.77. The van der Waals surface area contributed by atoms with E-state index in [0.29, 0.717) is 34.1 Å². The molecule has 0 spiro atoms. The van der Waals surface area contributed by atoms with Gasteiger partial charge in [0.1, 0.15) is 6.61 Å². The molecule has 5 heteroatoms. The van der Waals surface area contributed by atoms with Gasteiger partial charge in [-0.15, -0.1) is 0 Å². The minimum Gasteiger partial charge on any atom is -0.478 e. The third-order valence-corrected chi connectivity index (χ3v) is 3.33. The molecule has 0 radical (unpaired) electrons. The van der Waals surface area contributed by atoms with Crippen molar-refractivity contribution >= 4 is 18.2 Å². The first kappa shape index (κ1) is 14.9. The largest absolute Gasteiger partial charge is 0.478 e. The molecule has 0 unspecified atom stereocenters. The smallest absolute Gasteiger partial charge is 0.339 e. The Balaban J connectivity index is 3.48. The van der Waals surface area contributed by atoms with Gasteiger partial charge in [-0.2, -0.15) is 0 Å². The van der Waals surface area contributed by atoms with Crippen molar-refractivity contribution in [3.05, 3.63) is 33.4 Å². The van der Waals surface area contributed by atoms with Crippen LogP contribution < -0.4 is 0 Å². The Labute approximate surface area is 111 Å². The van der Waals surface area contributed by atoms with Crippen LogP contribution in [0.2, 0.25) is 0 Å². The number of ether oxygens (including phenoxy) is 1. The van der Waals surface area contributed by atoms with Crippen LogP contribution in [0.25, 0.3) is 0 Å². The van der Waals surface area contributed by atoms with Crippen molar-refractivity contribution in [1.82, 2.24) is 0 Å². The Morgan fingerprint density at radius 1 is 1.00 bits per heavy atom. The minimum atomic E-state index is -1.02. The zero-order valence-electron chi connectivity index (χ0n) is 11.4. The summed E-state index contributed by atoms with van der Waals surface area (Å²) in [4.78, 5) is 33.4. The van der Waals surface area contributed by atoms with Crippen molar-refractivity contribution in [3.8, 4) is 0 Å². The van der Waals surface area contributed by atoms with Gasteiger partial charge >= 0.3 is 11.9 Å². The number of carboxylic acids is 1. The standard InChI is InChI=1S/C14H16O5/c1-7-9(3)12(14(18)19-6-5-15)10(4)8(2)11(7)13(16)17/h5H,6H2,1-4H3,(H,16,17). The van der Waals surface area contributed by atoms with Crippen LogP contribution in [-0.4, -0.2) is 29.9 Å². The van der Waals surface area contributed by atoms with E-state index in [0.717, 1.165) is 0 Å². The van der Waals surface area contributed by atoms with Crippen LogP contribution in [0.1, 0.15) is 43.0 Å². The molecule has 0 fully saturated rings. The first-order valence-corrected chi connectivity index (χ1v) is 5.77. The van der Waals surface area contributed by atoms with E-state index in [4.69, 9.17) is 4.74 Å². The quantitative estimate of drug-likeness (QED) is 0.664. The lowest BCUT2D eigenvalue weighted by molar-refractivity contribution is -0.110. The van der Waals surface area contributed by atoms with Gasteiger partial charge in [-0.05, 0) is 49.9 Å². The Kier molecular flexibility index (Phi) is 4.43. The number of esters is 1. The summed E-state index contributed by atoms with van der Waals surface area (Å²) in [5.41, 5.74) is 2.75. The number of hydrogen-bond acceptors (Lipinski definition) is 4. The summed E-state index contributed by atoms with van der Waals surface area (Å²) in [5.74, 6) is -1.63. The van der Waals surface area contributed by atoms with Gasteiger partial charge in [-0.3, -0.25) is 4.79 Å². The fourth-order valence-electron chi connectivity index (χ4n) is 2.12. The maximum absolute atomic E-state index is 11.9. The van der Waals surface area contributed by atoms with E-state index < -0.39 is 11.9 Å². The molecule has 0 aromatic heterocycles. The molecule has 102 valence electrons. The molecule has 1 aromatic carbocycles. The maximum Gasteiger partial charge on any atom is 0.339 e. The maximum atomic E-state index is 11.9. The van der Waals surface area contributed by atoms with Gasteiger partial charge in [0.25, 0.3) is 0 Å². The summed E-state index contributed by atoms with van der Waals surface area (Å²) in [7, 11) is 0. The van der Waals surface area contributed by atoms with Crippen molar-refractivity contribution < 1.29 is 24.2 Å². The van der Waals surface area contributed by atoms with Gasteiger partial charge in [0, 0.05) is 0 Å². The van der Waals surface area contributed by atoms with Crippen molar-refractivity contribution in [2.75, 3.05) is 6.61 Å². The third-order valence-electron chi connectivity index (χ3n) is 3.33. The van der Waals surface area contributed by atoms with Crippen LogP contribution in [-0.2, 0) is 9.53 Å². The molecule has 19 heavy (non-hydrogen) atoms. The summed E-state index contributed by atoms with van der Waals surface area (Å²) < 4.78 is 4.79. The van der Waals surface area contributed by atoms with Gasteiger partial charge in [0.15, 0.2) is 6.29 Å². The topological polar surface area (TPSA) is 80.7 Å². The fourth-order valence-corrected chi connectivity index (χ4v) is 2.12. The van der Waals surface area contributed by atoms with Crippen LogP contribution in [0.3, 0.4) is 0 Å². The van der Waals surface area contributed by atoms with Crippen molar-refractivity contribution in [2.24, 2.45) is 0 Å². The zero-order valence-corrected chi connectivity index (χ0v) is 11.4. The van der Waals surface area contributed by atoms with Crippen LogP contribution in [0.15, 0.2) is 0 Å². The van der Waals surface area contributed by atoms with Gasteiger partial charge in [-0.1, -0.05) is 0 Å². The molecule has 0 aliphatic heterocycles. The van der Waals surface area contributed by atoms with Gasteiger partial charge in [0.2, 0.25) is 0 Å². The zero-order chi connectivity index (χ0) is 14.7. The number of carbonyl (C=O) groups is 3. The molecule has 1 aromatic rings. The van der Waals surface area contributed by atoms with E-state index in [1.165, 1.54) is 0 Å². The summed E-state index contributed by atoms with van der Waals surface area (Å²) in [6, 6.07) is 0. The second-order valence-electron chi connectivity index (χ2n) is 4.32. The summed E-state index contributed by atoms with van der Waals surface area (Å²) in [6.45, 7) is 6.34. The number of hydrogen-bond donors (Lipinski definition) is 1. The Hall–Kier alpha value is -2.17.